The normalized spacial score (nSPS) is 11.8. The van der Waals surface area contributed by atoms with Crippen molar-refractivity contribution in [2.75, 3.05) is 0 Å². The molecule has 0 saturated carbocycles. The van der Waals surface area contributed by atoms with Crippen molar-refractivity contribution in [3.8, 4) is 17.2 Å². The molecule has 0 bridgehead atoms. The molecule has 25 heavy (non-hydrogen) atoms. The van der Waals surface area contributed by atoms with E-state index in [1.54, 1.807) is 12.1 Å². The molecule has 2 rings (SSSR count). The summed E-state index contributed by atoms with van der Waals surface area (Å²) in [4.78, 5) is 24.2. The Labute approximate surface area is 143 Å². The molecule has 8 heteroatoms. The van der Waals surface area contributed by atoms with E-state index in [0.717, 1.165) is 7.05 Å². The van der Waals surface area contributed by atoms with Gasteiger partial charge in [0, 0.05) is 18.7 Å². The van der Waals surface area contributed by atoms with Crippen molar-refractivity contribution in [2.24, 2.45) is 7.05 Å². The number of hydrogen-bond acceptors (Lipinski definition) is 2. The molecule has 132 valence electrons. The van der Waals surface area contributed by atoms with Crippen LogP contribution in [0.5, 0.6) is 0 Å². The summed E-state index contributed by atoms with van der Waals surface area (Å²) in [5.41, 5.74) is 0.719. The monoisotopic (exact) mass is 366 g/mol. The van der Waals surface area contributed by atoms with Gasteiger partial charge in [-0.1, -0.05) is 25.6 Å². The van der Waals surface area contributed by atoms with E-state index in [1.165, 1.54) is 12.1 Å². The lowest BCUT2D eigenvalue weighted by Gasteiger charge is -2.13. The highest BCUT2D eigenvalue weighted by Crippen LogP contribution is 2.26. The molecule has 0 radical (unpaired) electrons. The number of hydrogen-bond donors (Lipinski definition) is 0. The lowest BCUT2D eigenvalue weighted by molar-refractivity contribution is -0.144. The van der Waals surface area contributed by atoms with Crippen LogP contribution in [0.4, 0.5) is 13.2 Å². The van der Waals surface area contributed by atoms with Gasteiger partial charge in [-0.2, -0.15) is 13.2 Å². The van der Waals surface area contributed by atoms with E-state index in [-0.39, 0.29) is 5.69 Å². The minimum absolute atomic E-state index is 0.192. The second kappa shape index (κ2) is 6.41. The van der Waals surface area contributed by atoms with Crippen LogP contribution in [0.25, 0.3) is 5.69 Å². The number of alkyl halides is 3. The van der Waals surface area contributed by atoms with Gasteiger partial charge in [-0.15, -0.1) is 5.54 Å². The van der Waals surface area contributed by atoms with Gasteiger partial charge in [0.2, 0.25) is 0 Å². The fraction of sp³-hybridized carbons (Fsp3) is 0.294. The first kappa shape index (κ1) is 18.8. The zero-order valence-corrected chi connectivity index (χ0v) is 15.2. The minimum atomic E-state index is -4.78. The smallest absolute Gasteiger partial charge is 0.292 e. The molecular weight excluding hydrogens is 349 g/mol. The predicted octanol–water partition coefficient (Wildman–Crippen LogP) is 2.78. The van der Waals surface area contributed by atoms with E-state index in [4.69, 9.17) is 0 Å². The van der Waals surface area contributed by atoms with E-state index in [9.17, 15) is 22.8 Å². The SMILES string of the molecule is Cn1c(C(F)(F)F)cc(=O)n(-c2ccc(C#C[Si](C)(C)C)cc2)c1=O. The number of benzene rings is 1. The fourth-order valence-electron chi connectivity index (χ4n) is 2.09. The molecule has 0 amide bonds. The fourth-order valence-corrected chi connectivity index (χ4v) is 2.61. The van der Waals surface area contributed by atoms with E-state index < -0.39 is 31.2 Å². The number of halogens is 3. The molecule has 1 aromatic carbocycles. The standard InChI is InChI=1S/C17H17F3N2O2Si/c1-21-14(17(18,19)20)11-15(23)22(16(21)24)13-7-5-12(6-8-13)9-10-25(2,3)4/h5-8,11H,1-4H3. The Morgan fingerprint density at radius 2 is 1.60 bits per heavy atom. The van der Waals surface area contributed by atoms with Gasteiger partial charge in [0.05, 0.1) is 5.69 Å². The maximum Gasteiger partial charge on any atom is 0.431 e. The van der Waals surface area contributed by atoms with E-state index in [0.29, 0.717) is 20.8 Å². The average molecular weight is 366 g/mol. The molecule has 0 spiro atoms. The summed E-state index contributed by atoms with van der Waals surface area (Å²) in [6.07, 6.45) is -4.78. The summed E-state index contributed by atoms with van der Waals surface area (Å²) < 4.78 is 39.7. The van der Waals surface area contributed by atoms with E-state index in [2.05, 4.69) is 31.1 Å². The maximum atomic E-state index is 12.9. The van der Waals surface area contributed by atoms with Gasteiger partial charge in [0.15, 0.2) is 0 Å². The van der Waals surface area contributed by atoms with Crippen LogP contribution >= 0.6 is 0 Å². The molecule has 1 heterocycles. The van der Waals surface area contributed by atoms with E-state index >= 15 is 0 Å². The number of rotatable bonds is 1. The van der Waals surface area contributed by atoms with Crippen LogP contribution < -0.4 is 11.2 Å². The first-order valence-electron chi connectivity index (χ1n) is 7.44. The predicted molar refractivity (Wildman–Crippen MR) is 92.5 cm³/mol. The van der Waals surface area contributed by atoms with Crippen LogP contribution in [0.1, 0.15) is 11.3 Å². The molecule has 0 aliphatic carbocycles. The summed E-state index contributed by atoms with van der Waals surface area (Å²) in [5, 5.41) is 0. The van der Waals surface area contributed by atoms with Gasteiger partial charge in [-0.25, -0.2) is 9.36 Å². The van der Waals surface area contributed by atoms with Crippen molar-refractivity contribution >= 4 is 8.07 Å². The van der Waals surface area contributed by atoms with Gasteiger partial charge < -0.3 is 0 Å². The Kier molecular flexibility index (Phi) is 4.82. The third kappa shape index (κ3) is 4.31. The van der Waals surface area contributed by atoms with Gasteiger partial charge in [0.1, 0.15) is 13.8 Å². The Hall–Kier alpha value is -2.53. The van der Waals surface area contributed by atoms with Crippen molar-refractivity contribution in [1.29, 1.82) is 0 Å². The first-order chi connectivity index (χ1) is 11.4. The Morgan fingerprint density at radius 3 is 2.08 bits per heavy atom. The van der Waals surface area contributed by atoms with Gasteiger partial charge in [-0.05, 0) is 24.3 Å². The third-order valence-corrected chi connectivity index (χ3v) is 4.19. The molecule has 0 fully saturated rings. The van der Waals surface area contributed by atoms with Crippen LogP contribution in [-0.4, -0.2) is 17.2 Å². The quantitative estimate of drug-likeness (QED) is 0.575. The lowest BCUT2D eigenvalue weighted by atomic mass is 10.2. The van der Waals surface area contributed by atoms with Crippen molar-refractivity contribution in [2.45, 2.75) is 25.8 Å². The van der Waals surface area contributed by atoms with Gasteiger partial charge in [0.25, 0.3) is 5.56 Å². The highest BCUT2D eigenvalue weighted by molar-refractivity contribution is 6.83. The molecule has 0 N–H and O–H groups in total. The molecule has 0 aliphatic heterocycles. The largest absolute Gasteiger partial charge is 0.431 e. The lowest BCUT2D eigenvalue weighted by Crippen LogP contribution is -2.40. The van der Waals surface area contributed by atoms with Crippen LogP contribution in [0, 0.1) is 11.5 Å². The second-order valence-electron chi connectivity index (χ2n) is 6.59. The zero-order valence-electron chi connectivity index (χ0n) is 14.2. The summed E-state index contributed by atoms with van der Waals surface area (Å²) in [5.74, 6) is 3.03. The average Bonchev–Trinajstić information content (AvgIpc) is 2.48. The minimum Gasteiger partial charge on any atom is -0.292 e. The van der Waals surface area contributed by atoms with Crippen molar-refractivity contribution in [3.63, 3.8) is 0 Å². The van der Waals surface area contributed by atoms with Crippen molar-refractivity contribution in [3.05, 3.63) is 62.4 Å². The highest BCUT2D eigenvalue weighted by Gasteiger charge is 2.35. The maximum absolute atomic E-state index is 12.9. The van der Waals surface area contributed by atoms with Crippen LogP contribution in [0.3, 0.4) is 0 Å². The van der Waals surface area contributed by atoms with E-state index in [1.807, 2.05) is 0 Å². The topological polar surface area (TPSA) is 44.0 Å². The van der Waals surface area contributed by atoms with Crippen molar-refractivity contribution in [1.82, 2.24) is 9.13 Å². The molecule has 0 unspecified atom stereocenters. The molecular formula is C17H17F3N2O2Si. The molecule has 4 nitrogen and oxygen atoms in total. The molecule has 0 saturated heterocycles. The Morgan fingerprint density at radius 1 is 1.04 bits per heavy atom. The van der Waals surface area contributed by atoms with Crippen LogP contribution in [0.15, 0.2) is 39.9 Å². The van der Waals surface area contributed by atoms with Gasteiger partial charge >= 0.3 is 11.9 Å². The third-order valence-electron chi connectivity index (χ3n) is 3.32. The van der Waals surface area contributed by atoms with Crippen LogP contribution in [-0.2, 0) is 13.2 Å². The highest BCUT2D eigenvalue weighted by atomic mass is 28.3. The summed E-state index contributed by atoms with van der Waals surface area (Å²) in [6, 6.07) is 6.66. The molecule has 2 aromatic rings. The zero-order chi connectivity index (χ0) is 19.0. The molecule has 1 aromatic heterocycles. The van der Waals surface area contributed by atoms with Crippen LogP contribution in [0.2, 0.25) is 19.6 Å². The summed E-state index contributed by atoms with van der Waals surface area (Å²) in [7, 11) is -0.562. The first-order valence-corrected chi connectivity index (χ1v) is 10.9. The summed E-state index contributed by atoms with van der Waals surface area (Å²) in [6.45, 7) is 6.29. The van der Waals surface area contributed by atoms with Gasteiger partial charge in [-0.3, -0.25) is 9.36 Å². The Balaban J connectivity index is 2.53. The second-order valence-corrected chi connectivity index (χ2v) is 11.3. The molecule has 0 aliphatic rings. The summed E-state index contributed by atoms with van der Waals surface area (Å²) >= 11 is 0. The van der Waals surface area contributed by atoms with Crippen molar-refractivity contribution < 1.29 is 13.2 Å². The number of nitrogens with zero attached hydrogens (tertiary/aromatic N) is 2. The Bertz CT molecular complexity index is 969. The number of aromatic nitrogens is 2. The molecule has 0 atom stereocenters.